The minimum atomic E-state index is -2.28. The van der Waals surface area contributed by atoms with Crippen molar-refractivity contribution in [3.63, 3.8) is 0 Å². The number of fused-ring (bicyclic) bond motifs is 1. The van der Waals surface area contributed by atoms with Crippen LogP contribution >= 0.6 is 0 Å². The highest BCUT2D eigenvalue weighted by Gasteiger charge is 2.24. The van der Waals surface area contributed by atoms with Crippen molar-refractivity contribution in [3.05, 3.63) is 67.1 Å². The zero-order valence-electron chi connectivity index (χ0n) is 20.0. The third-order valence-electron chi connectivity index (χ3n) is 6.33. The molecule has 1 aliphatic heterocycles. The summed E-state index contributed by atoms with van der Waals surface area (Å²) in [6.07, 6.45) is 9.32. The van der Waals surface area contributed by atoms with Crippen molar-refractivity contribution in [2.75, 3.05) is 19.6 Å². The number of hydrogen-bond acceptors (Lipinski definition) is 6. The van der Waals surface area contributed by atoms with Crippen molar-refractivity contribution in [1.29, 1.82) is 0 Å². The van der Waals surface area contributed by atoms with Crippen LogP contribution in [0.2, 0.25) is 0 Å². The number of aromatic nitrogens is 3. The Hall–Kier alpha value is -3.07. The summed E-state index contributed by atoms with van der Waals surface area (Å²) < 4.78 is 30.7. The average Bonchev–Trinajstić information content (AvgIpc) is 3.28. The van der Waals surface area contributed by atoms with Crippen LogP contribution in [-0.4, -0.2) is 53.5 Å². The molecule has 1 aliphatic rings. The van der Waals surface area contributed by atoms with Crippen LogP contribution in [0.25, 0.3) is 27.9 Å². The highest BCUT2D eigenvalue weighted by atomic mass is 32.2. The second-order valence-electron chi connectivity index (χ2n) is 9.65. The van der Waals surface area contributed by atoms with Gasteiger partial charge in [-0.25, -0.2) is 9.50 Å². The van der Waals surface area contributed by atoms with E-state index in [9.17, 15) is 8.76 Å². The molecule has 8 heteroatoms. The van der Waals surface area contributed by atoms with Crippen LogP contribution in [0.15, 0.2) is 72.0 Å². The van der Waals surface area contributed by atoms with Crippen molar-refractivity contribution in [1.82, 2.24) is 19.5 Å². The molecule has 5 rings (SSSR count). The molecular formula is C27H29N4O3S-. The quantitative estimate of drug-likeness (QED) is 0.342. The molecule has 0 saturated carbocycles. The SMILES string of the molecule is CC(C)(CN1CCCCC1)Oc1ccc(-c2cnc3c(-c4cccc(S(=O)[O-])c4)cnn3c2)cc1. The molecule has 2 aromatic carbocycles. The van der Waals surface area contributed by atoms with Gasteiger partial charge in [-0.2, -0.15) is 5.10 Å². The van der Waals surface area contributed by atoms with E-state index in [0.717, 1.165) is 47.6 Å². The van der Waals surface area contributed by atoms with Crippen molar-refractivity contribution in [2.24, 2.45) is 0 Å². The first-order chi connectivity index (χ1) is 16.9. The minimum Gasteiger partial charge on any atom is -0.768 e. The monoisotopic (exact) mass is 489 g/mol. The third kappa shape index (κ3) is 5.45. The summed E-state index contributed by atoms with van der Waals surface area (Å²) in [5.74, 6) is 0.849. The Morgan fingerprint density at radius 3 is 2.51 bits per heavy atom. The Labute approximate surface area is 208 Å². The molecule has 0 bridgehead atoms. The van der Waals surface area contributed by atoms with E-state index in [0.29, 0.717) is 5.65 Å². The molecule has 1 fully saturated rings. The number of benzene rings is 2. The number of likely N-dealkylation sites (tertiary alicyclic amines) is 1. The Kier molecular flexibility index (Phi) is 6.69. The molecule has 35 heavy (non-hydrogen) atoms. The summed E-state index contributed by atoms with van der Waals surface area (Å²) in [4.78, 5) is 7.35. The second kappa shape index (κ2) is 9.89. The lowest BCUT2D eigenvalue weighted by Gasteiger charge is -2.35. The first-order valence-corrected chi connectivity index (χ1v) is 13.0. The fourth-order valence-corrected chi connectivity index (χ4v) is 5.13. The van der Waals surface area contributed by atoms with Crippen LogP contribution in [0.5, 0.6) is 5.75 Å². The van der Waals surface area contributed by atoms with Crippen LogP contribution in [-0.2, 0) is 11.1 Å². The number of rotatable bonds is 7. The van der Waals surface area contributed by atoms with Crippen molar-refractivity contribution in [3.8, 4) is 28.0 Å². The van der Waals surface area contributed by atoms with Gasteiger partial charge in [-0.1, -0.05) is 30.7 Å². The molecule has 0 aliphatic carbocycles. The molecule has 7 nitrogen and oxygen atoms in total. The lowest BCUT2D eigenvalue weighted by molar-refractivity contribution is 0.0520. The van der Waals surface area contributed by atoms with Gasteiger partial charge in [-0.15, -0.1) is 0 Å². The largest absolute Gasteiger partial charge is 0.768 e. The Bertz CT molecular complexity index is 1340. The van der Waals surface area contributed by atoms with Gasteiger partial charge in [-0.05, 0) is 86.3 Å². The molecule has 0 amide bonds. The molecule has 1 unspecified atom stereocenters. The first kappa shape index (κ1) is 23.7. The third-order valence-corrected chi connectivity index (χ3v) is 6.97. The summed E-state index contributed by atoms with van der Waals surface area (Å²) in [5.41, 5.74) is 3.89. The van der Waals surface area contributed by atoms with Crippen LogP contribution in [0.1, 0.15) is 33.1 Å². The number of nitrogens with zero attached hydrogens (tertiary/aromatic N) is 4. The lowest BCUT2D eigenvalue weighted by atomic mass is 10.1. The van der Waals surface area contributed by atoms with E-state index >= 15 is 0 Å². The van der Waals surface area contributed by atoms with Gasteiger partial charge >= 0.3 is 0 Å². The molecule has 0 N–H and O–H groups in total. The predicted molar refractivity (Wildman–Crippen MR) is 136 cm³/mol. The molecular weight excluding hydrogens is 460 g/mol. The Balaban J connectivity index is 1.32. The van der Waals surface area contributed by atoms with Gasteiger partial charge in [0.2, 0.25) is 0 Å². The second-order valence-corrected chi connectivity index (χ2v) is 10.6. The van der Waals surface area contributed by atoms with Gasteiger partial charge in [0.05, 0.1) is 6.20 Å². The van der Waals surface area contributed by atoms with Gasteiger partial charge in [-0.3, -0.25) is 9.11 Å². The Morgan fingerprint density at radius 1 is 1.00 bits per heavy atom. The van der Waals surface area contributed by atoms with Crippen LogP contribution in [0, 0.1) is 0 Å². The van der Waals surface area contributed by atoms with Gasteiger partial charge < -0.3 is 9.29 Å². The van der Waals surface area contributed by atoms with Crippen molar-refractivity contribution in [2.45, 2.75) is 43.6 Å². The van der Waals surface area contributed by atoms with E-state index in [-0.39, 0.29) is 10.5 Å². The van der Waals surface area contributed by atoms with Crippen molar-refractivity contribution < 1.29 is 13.5 Å². The minimum absolute atomic E-state index is 0.236. The lowest BCUT2D eigenvalue weighted by Crippen LogP contribution is -2.44. The topological polar surface area (TPSA) is 82.8 Å². The zero-order chi connectivity index (χ0) is 24.4. The predicted octanol–water partition coefficient (Wildman–Crippen LogP) is 4.94. The smallest absolute Gasteiger partial charge is 0.162 e. The van der Waals surface area contributed by atoms with E-state index < -0.39 is 11.1 Å². The highest BCUT2D eigenvalue weighted by Crippen LogP contribution is 2.28. The number of ether oxygens (including phenoxy) is 1. The standard InChI is InChI=1S/C27H30N4O3S/c1-27(2,19-30-13-4-3-5-14-30)34-23-11-9-20(10-12-23)22-16-28-26-25(17-29-31(26)18-22)21-7-6-8-24(15-21)35(32)33/h6-12,15-18H,3-5,13-14,19H2,1-2H3,(H,32,33)/p-1. The fraction of sp³-hybridized carbons (Fsp3) is 0.333. The molecule has 0 radical (unpaired) electrons. The molecule has 4 aromatic rings. The van der Waals surface area contributed by atoms with E-state index in [2.05, 4.69) is 28.8 Å². The zero-order valence-corrected chi connectivity index (χ0v) is 20.8. The summed E-state index contributed by atoms with van der Waals surface area (Å²) >= 11 is -2.28. The molecule has 2 aromatic heterocycles. The highest BCUT2D eigenvalue weighted by molar-refractivity contribution is 7.79. The molecule has 3 heterocycles. The van der Waals surface area contributed by atoms with E-state index in [1.54, 1.807) is 28.9 Å². The van der Waals surface area contributed by atoms with Crippen molar-refractivity contribution >= 4 is 16.7 Å². The maximum Gasteiger partial charge on any atom is 0.162 e. The maximum absolute atomic E-state index is 11.3. The maximum atomic E-state index is 11.3. The van der Waals surface area contributed by atoms with Gasteiger partial charge in [0.15, 0.2) is 5.65 Å². The fourth-order valence-electron chi connectivity index (χ4n) is 4.72. The Morgan fingerprint density at radius 2 is 1.77 bits per heavy atom. The summed E-state index contributed by atoms with van der Waals surface area (Å²) in [7, 11) is 0. The van der Waals surface area contributed by atoms with E-state index in [1.807, 2.05) is 42.7 Å². The molecule has 182 valence electrons. The first-order valence-electron chi connectivity index (χ1n) is 11.9. The van der Waals surface area contributed by atoms with E-state index in [1.165, 1.54) is 19.3 Å². The molecule has 1 atom stereocenters. The van der Waals surface area contributed by atoms with Crippen LogP contribution < -0.4 is 4.74 Å². The number of piperidine rings is 1. The van der Waals surface area contributed by atoms with Crippen LogP contribution in [0.4, 0.5) is 0 Å². The van der Waals surface area contributed by atoms with E-state index in [4.69, 9.17) is 4.74 Å². The molecule has 1 saturated heterocycles. The van der Waals surface area contributed by atoms with Crippen LogP contribution in [0.3, 0.4) is 0 Å². The summed E-state index contributed by atoms with van der Waals surface area (Å²) in [6.45, 7) is 7.52. The van der Waals surface area contributed by atoms with Gasteiger partial charge in [0.25, 0.3) is 0 Å². The normalized spacial score (nSPS) is 15.9. The number of hydrogen-bond donors (Lipinski definition) is 0. The average molecular weight is 490 g/mol. The van der Waals surface area contributed by atoms with Gasteiger partial charge in [0.1, 0.15) is 11.4 Å². The summed E-state index contributed by atoms with van der Waals surface area (Å²) in [6, 6.07) is 14.8. The molecule has 0 spiro atoms. The van der Waals surface area contributed by atoms with Gasteiger partial charge in [0, 0.05) is 35.0 Å². The summed E-state index contributed by atoms with van der Waals surface area (Å²) in [5, 5.41) is 4.45.